The maximum absolute atomic E-state index is 11.3. The molecular weight excluding hydrogens is 152 g/mol. The Hall–Kier alpha value is -0.530. The summed E-state index contributed by atoms with van der Waals surface area (Å²) in [6.07, 6.45) is 6.07. The van der Waals surface area contributed by atoms with Crippen molar-refractivity contribution >= 4 is 5.97 Å². The van der Waals surface area contributed by atoms with E-state index in [1.54, 1.807) is 0 Å². The van der Waals surface area contributed by atoms with Crippen LogP contribution < -0.4 is 0 Å². The van der Waals surface area contributed by atoms with Crippen LogP contribution in [0, 0.1) is 11.8 Å². The van der Waals surface area contributed by atoms with Gasteiger partial charge < -0.3 is 4.74 Å². The molecule has 68 valence electrons. The lowest BCUT2D eigenvalue weighted by molar-refractivity contribution is -0.144. The van der Waals surface area contributed by atoms with Gasteiger partial charge in [0.25, 0.3) is 0 Å². The molecule has 0 radical (unpaired) electrons. The van der Waals surface area contributed by atoms with Crippen molar-refractivity contribution in [3.8, 4) is 0 Å². The predicted octanol–water partition coefficient (Wildman–Crippen LogP) is 2.13. The molecule has 2 heteroatoms. The lowest BCUT2D eigenvalue weighted by Gasteiger charge is -2.24. The first-order chi connectivity index (χ1) is 5.83. The molecule has 0 amide bonds. The monoisotopic (exact) mass is 168 g/mol. The molecule has 0 aromatic carbocycles. The first-order valence-electron chi connectivity index (χ1n) is 5.03. The van der Waals surface area contributed by atoms with Crippen LogP contribution in [-0.2, 0) is 9.53 Å². The number of hydrogen-bond donors (Lipinski definition) is 0. The van der Waals surface area contributed by atoms with E-state index in [2.05, 4.69) is 6.92 Å². The summed E-state index contributed by atoms with van der Waals surface area (Å²) in [5.74, 6) is 0.834. The van der Waals surface area contributed by atoms with Crippen LogP contribution in [0.15, 0.2) is 0 Å². The van der Waals surface area contributed by atoms with Crippen LogP contribution in [0.4, 0.5) is 0 Å². The number of carbonyl (C=O) groups is 1. The molecule has 2 rings (SSSR count). The highest BCUT2D eigenvalue weighted by molar-refractivity contribution is 5.75. The van der Waals surface area contributed by atoms with E-state index in [1.165, 1.54) is 19.3 Å². The second-order valence-electron chi connectivity index (χ2n) is 3.94. The predicted molar refractivity (Wildman–Crippen MR) is 45.6 cm³/mol. The third kappa shape index (κ3) is 1.13. The van der Waals surface area contributed by atoms with Gasteiger partial charge in [0.15, 0.2) is 0 Å². The lowest BCUT2D eigenvalue weighted by Crippen LogP contribution is -2.24. The molecule has 0 N–H and O–H groups in total. The molecule has 0 bridgehead atoms. The van der Waals surface area contributed by atoms with Gasteiger partial charge >= 0.3 is 5.97 Å². The maximum Gasteiger partial charge on any atom is 0.309 e. The zero-order valence-corrected chi connectivity index (χ0v) is 7.58. The Morgan fingerprint density at radius 2 is 2.17 bits per heavy atom. The molecule has 0 unspecified atom stereocenters. The van der Waals surface area contributed by atoms with E-state index in [9.17, 15) is 4.79 Å². The van der Waals surface area contributed by atoms with Gasteiger partial charge in [0.2, 0.25) is 0 Å². The quantitative estimate of drug-likeness (QED) is 0.561. The average molecular weight is 168 g/mol. The highest BCUT2D eigenvalue weighted by Gasteiger charge is 2.43. The standard InChI is InChI=1S/C10H16O2/c1-2-7-8-5-3-4-6-9(8)12-10(7)11/h7-9H,2-6H2,1H3/t7-,8+,9-/m1/s1. The Kier molecular flexibility index (Phi) is 2.07. The number of esters is 1. The van der Waals surface area contributed by atoms with Crippen molar-refractivity contribution in [1.82, 2.24) is 0 Å². The molecule has 2 aliphatic rings. The van der Waals surface area contributed by atoms with Crippen molar-refractivity contribution in [2.24, 2.45) is 11.8 Å². The summed E-state index contributed by atoms with van der Waals surface area (Å²) in [6.45, 7) is 2.09. The fourth-order valence-corrected chi connectivity index (χ4v) is 2.61. The Balaban J connectivity index is 2.10. The second-order valence-corrected chi connectivity index (χ2v) is 3.94. The van der Waals surface area contributed by atoms with Crippen molar-refractivity contribution < 1.29 is 9.53 Å². The van der Waals surface area contributed by atoms with Crippen molar-refractivity contribution in [2.45, 2.75) is 45.1 Å². The molecular formula is C10H16O2. The number of rotatable bonds is 1. The second kappa shape index (κ2) is 3.08. The molecule has 1 aliphatic carbocycles. The van der Waals surface area contributed by atoms with Crippen LogP contribution in [-0.4, -0.2) is 12.1 Å². The highest BCUT2D eigenvalue weighted by Crippen LogP contribution is 2.39. The zero-order chi connectivity index (χ0) is 8.55. The molecule has 1 heterocycles. The lowest BCUT2D eigenvalue weighted by atomic mass is 9.79. The summed E-state index contributed by atoms with van der Waals surface area (Å²) in [6, 6.07) is 0. The van der Waals surface area contributed by atoms with E-state index in [-0.39, 0.29) is 18.0 Å². The van der Waals surface area contributed by atoms with E-state index >= 15 is 0 Å². The van der Waals surface area contributed by atoms with Crippen molar-refractivity contribution in [3.05, 3.63) is 0 Å². The Morgan fingerprint density at radius 1 is 1.42 bits per heavy atom. The van der Waals surface area contributed by atoms with E-state index in [1.807, 2.05) is 0 Å². The summed E-state index contributed by atoms with van der Waals surface area (Å²) < 4.78 is 5.33. The van der Waals surface area contributed by atoms with Crippen LogP contribution >= 0.6 is 0 Å². The van der Waals surface area contributed by atoms with E-state index < -0.39 is 0 Å². The molecule has 3 atom stereocenters. The van der Waals surface area contributed by atoms with Gasteiger partial charge in [-0.3, -0.25) is 4.79 Å². The van der Waals surface area contributed by atoms with Gasteiger partial charge in [-0.15, -0.1) is 0 Å². The topological polar surface area (TPSA) is 26.3 Å². The van der Waals surface area contributed by atoms with Crippen LogP contribution in [0.25, 0.3) is 0 Å². The van der Waals surface area contributed by atoms with Gasteiger partial charge in [-0.25, -0.2) is 0 Å². The molecule has 1 saturated carbocycles. The fraction of sp³-hybridized carbons (Fsp3) is 0.900. The van der Waals surface area contributed by atoms with Crippen molar-refractivity contribution in [3.63, 3.8) is 0 Å². The Bertz CT molecular complexity index is 188. The van der Waals surface area contributed by atoms with E-state index in [0.717, 1.165) is 12.8 Å². The molecule has 0 spiro atoms. The summed E-state index contributed by atoms with van der Waals surface area (Å²) in [5.41, 5.74) is 0. The Morgan fingerprint density at radius 3 is 2.92 bits per heavy atom. The van der Waals surface area contributed by atoms with Crippen molar-refractivity contribution in [2.75, 3.05) is 0 Å². The maximum atomic E-state index is 11.3. The summed E-state index contributed by atoms with van der Waals surface area (Å²) in [7, 11) is 0. The van der Waals surface area contributed by atoms with Crippen LogP contribution in [0.5, 0.6) is 0 Å². The molecule has 2 fully saturated rings. The summed E-state index contributed by atoms with van der Waals surface area (Å²) in [4.78, 5) is 11.3. The third-order valence-corrected chi connectivity index (χ3v) is 3.28. The third-order valence-electron chi connectivity index (χ3n) is 3.28. The minimum atomic E-state index is 0.0643. The molecule has 0 aromatic rings. The average Bonchev–Trinajstić information content (AvgIpc) is 2.40. The Labute approximate surface area is 73.3 Å². The minimum Gasteiger partial charge on any atom is -0.462 e. The number of fused-ring (bicyclic) bond motifs is 1. The number of carbonyl (C=O) groups excluding carboxylic acids is 1. The number of ether oxygens (including phenoxy) is 1. The fourth-order valence-electron chi connectivity index (χ4n) is 2.61. The van der Waals surface area contributed by atoms with Gasteiger partial charge in [-0.2, -0.15) is 0 Å². The summed E-state index contributed by atoms with van der Waals surface area (Å²) >= 11 is 0. The molecule has 1 saturated heterocycles. The zero-order valence-electron chi connectivity index (χ0n) is 7.58. The van der Waals surface area contributed by atoms with Gasteiger partial charge in [0.05, 0.1) is 5.92 Å². The van der Waals surface area contributed by atoms with E-state index in [0.29, 0.717) is 5.92 Å². The van der Waals surface area contributed by atoms with Gasteiger partial charge in [0.1, 0.15) is 6.10 Å². The first kappa shape index (κ1) is 8.09. The minimum absolute atomic E-state index is 0.0643. The molecule has 0 aromatic heterocycles. The van der Waals surface area contributed by atoms with Gasteiger partial charge in [-0.05, 0) is 25.7 Å². The number of hydrogen-bond acceptors (Lipinski definition) is 2. The van der Waals surface area contributed by atoms with Crippen LogP contribution in [0.1, 0.15) is 39.0 Å². The van der Waals surface area contributed by atoms with Crippen LogP contribution in [0.3, 0.4) is 0 Å². The van der Waals surface area contributed by atoms with E-state index in [4.69, 9.17) is 4.74 Å². The van der Waals surface area contributed by atoms with Gasteiger partial charge in [0, 0.05) is 5.92 Å². The molecule has 2 nitrogen and oxygen atoms in total. The van der Waals surface area contributed by atoms with Crippen molar-refractivity contribution in [1.29, 1.82) is 0 Å². The largest absolute Gasteiger partial charge is 0.462 e. The molecule has 12 heavy (non-hydrogen) atoms. The normalized spacial score (nSPS) is 40.8. The molecule has 1 aliphatic heterocycles. The SMILES string of the molecule is CC[C@H]1C(=O)O[C@@H]2CCCC[C@H]21. The van der Waals surface area contributed by atoms with Crippen LogP contribution in [0.2, 0.25) is 0 Å². The smallest absolute Gasteiger partial charge is 0.309 e. The first-order valence-corrected chi connectivity index (χ1v) is 5.03. The highest BCUT2D eigenvalue weighted by atomic mass is 16.6. The van der Waals surface area contributed by atoms with Gasteiger partial charge in [-0.1, -0.05) is 13.3 Å². The summed E-state index contributed by atoms with van der Waals surface area (Å²) in [5, 5.41) is 0.